The summed E-state index contributed by atoms with van der Waals surface area (Å²) in [7, 11) is 0. The molecule has 0 aromatic heterocycles. The summed E-state index contributed by atoms with van der Waals surface area (Å²) in [5.74, 6) is -4.08. The minimum absolute atomic E-state index is 0.362. The van der Waals surface area contributed by atoms with Crippen LogP contribution in [-0.4, -0.2) is 59.4 Å². The molecule has 3 unspecified atom stereocenters. The second kappa shape index (κ2) is 9.35. The Bertz CT molecular complexity index is 494. The van der Waals surface area contributed by atoms with E-state index >= 15 is 0 Å². The fourth-order valence-electron chi connectivity index (χ4n) is 1.37. The lowest BCUT2D eigenvalue weighted by Crippen LogP contribution is -2.52. The third kappa shape index (κ3) is 8.36. The summed E-state index contributed by atoms with van der Waals surface area (Å²) in [6.45, 7) is 2.16. The Balaban J connectivity index is 4.23. The average Bonchev–Trinajstić information content (AvgIpc) is 2.43. The highest BCUT2D eigenvalue weighted by molar-refractivity contribution is 5.93. The van der Waals surface area contributed by atoms with Crippen LogP contribution in [-0.2, 0) is 24.0 Å². The van der Waals surface area contributed by atoms with E-state index in [9.17, 15) is 24.0 Å². The number of nitrogens with one attached hydrogen (secondary N) is 3. The molecule has 0 rings (SSSR count). The smallest absolute Gasteiger partial charge is 0.325 e. The molecule has 0 aromatic carbocycles. The molecule has 0 heterocycles. The van der Waals surface area contributed by atoms with E-state index in [1.165, 1.54) is 13.8 Å². The van der Waals surface area contributed by atoms with Crippen molar-refractivity contribution in [2.45, 2.75) is 38.4 Å². The van der Waals surface area contributed by atoms with Gasteiger partial charge in [-0.2, -0.15) is 0 Å². The second-order valence-electron chi connectivity index (χ2n) is 4.85. The molecule has 0 aliphatic heterocycles. The Morgan fingerprint density at radius 3 is 2.04 bits per heavy atom. The molecule has 0 spiro atoms. The number of carbonyl (C=O) groups excluding carboxylic acids is 4. The van der Waals surface area contributed by atoms with Crippen LogP contribution in [0.15, 0.2) is 0 Å². The van der Waals surface area contributed by atoms with E-state index in [1.54, 1.807) is 0 Å². The van der Waals surface area contributed by atoms with Crippen molar-refractivity contribution in [1.29, 1.82) is 0 Å². The number of carbonyl (C=O) groups is 5. The van der Waals surface area contributed by atoms with Crippen LogP contribution in [0.3, 0.4) is 0 Å². The number of carboxylic acid groups (broad SMARTS) is 1. The van der Waals surface area contributed by atoms with Crippen molar-refractivity contribution in [3.63, 3.8) is 0 Å². The maximum Gasteiger partial charge on any atom is 0.325 e. The number of primary amides is 1. The number of rotatable bonds is 9. The number of hydrogen-bond donors (Lipinski definition) is 6. The maximum atomic E-state index is 11.6. The Hall–Kier alpha value is -2.69. The van der Waals surface area contributed by atoms with Gasteiger partial charge in [-0.15, -0.1) is 0 Å². The predicted octanol–water partition coefficient (Wildman–Crippen LogP) is -3.60. The highest BCUT2D eigenvalue weighted by atomic mass is 16.4. The van der Waals surface area contributed by atoms with Gasteiger partial charge >= 0.3 is 5.97 Å². The summed E-state index contributed by atoms with van der Waals surface area (Å²) < 4.78 is 0. The zero-order chi connectivity index (χ0) is 18.2. The molecule has 0 aliphatic rings. The van der Waals surface area contributed by atoms with Crippen LogP contribution in [0.1, 0.15) is 20.3 Å². The SMILES string of the molecule is CC(NC(=O)C(C)NC(=O)CNC(=O)C(N)CC(N)=O)C(=O)O. The zero-order valence-corrected chi connectivity index (χ0v) is 12.8. The first-order valence-electron chi connectivity index (χ1n) is 6.68. The lowest BCUT2D eigenvalue weighted by molar-refractivity contribution is -0.141. The standard InChI is InChI=1S/C12H21N5O6/c1-5(10(20)17-6(2)12(22)23)16-9(19)4-15-11(21)7(13)3-8(14)18/h5-7H,3-4,13H2,1-2H3,(H2,14,18)(H,15,21)(H,16,19)(H,17,20)(H,22,23). The van der Waals surface area contributed by atoms with Crippen LogP contribution in [0, 0.1) is 0 Å². The zero-order valence-electron chi connectivity index (χ0n) is 12.8. The summed E-state index contributed by atoms with van der Waals surface area (Å²) in [5, 5.41) is 15.3. The van der Waals surface area contributed by atoms with Gasteiger partial charge in [0.2, 0.25) is 23.6 Å². The van der Waals surface area contributed by atoms with Gasteiger partial charge in [0, 0.05) is 0 Å². The summed E-state index contributed by atoms with van der Waals surface area (Å²) in [6, 6.07) is -3.27. The fraction of sp³-hybridized carbons (Fsp3) is 0.583. The topological polar surface area (TPSA) is 194 Å². The van der Waals surface area contributed by atoms with Gasteiger partial charge < -0.3 is 32.5 Å². The minimum Gasteiger partial charge on any atom is -0.480 e. The predicted molar refractivity (Wildman–Crippen MR) is 77.6 cm³/mol. The van der Waals surface area contributed by atoms with Crippen molar-refractivity contribution in [3.05, 3.63) is 0 Å². The molecule has 4 amide bonds. The molecule has 0 saturated heterocycles. The van der Waals surface area contributed by atoms with Crippen LogP contribution >= 0.6 is 0 Å². The quantitative estimate of drug-likeness (QED) is 0.251. The van der Waals surface area contributed by atoms with Crippen LogP contribution in [0.5, 0.6) is 0 Å². The molecule has 11 nitrogen and oxygen atoms in total. The molecule has 3 atom stereocenters. The molecule has 0 fully saturated rings. The lowest BCUT2D eigenvalue weighted by Gasteiger charge is -2.16. The summed E-state index contributed by atoms with van der Waals surface area (Å²) in [6.07, 6.45) is -0.362. The normalized spacial score (nSPS) is 14.0. The number of carboxylic acids is 1. The molecule has 8 N–H and O–H groups in total. The Labute approximate surface area is 132 Å². The van der Waals surface area contributed by atoms with Crippen LogP contribution in [0.25, 0.3) is 0 Å². The average molecular weight is 331 g/mol. The molecule has 0 aromatic rings. The summed E-state index contributed by atoms with van der Waals surface area (Å²) >= 11 is 0. The highest BCUT2D eigenvalue weighted by Crippen LogP contribution is 1.89. The van der Waals surface area contributed by atoms with Crippen LogP contribution < -0.4 is 27.4 Å². The van der Waals surface area contributed by atoms with E-state index in [2.05, 4.69) is 16.0 Å². The van der Waals surface area contributed by atoms with Crippen molar-refractivity contribution in [2.24, 2.45) is 11.5 Å². The van der Waals surface area contributed by atoms with E-state index in [0.29, 0.717) is 0 Å². The first-order chi connectivity index (χ1) is 10.5. The van der Waals surface area contributed by atoms with Gasteiger partial charge in [-0.25, -0.2) is 0 Å². The van der Waals surface area contributed by atoms with Gasteiger partial charge in [0.15, 0.2) is 0 Å². The van der Waals surface area contributed by atoms with Gasteiger partial charge in [0.05, 0.1) is 19.0 Å². The van der Waals surface area contributed by atoms with E-state index < -0.39 is 54.3 Å². The number of nitrogens with two attached hydrogens (primary N) is 2. The first kappa shape index (κ1) is 20.3. The Kier molecular flexibility index (Phi) is 8.26. The molecular weight excluding hydrogens is 310 g/mol. The molecule has 23 heavy (non-hydrogen) atoms. The van der Waals surface area contributed by atoms with Crippen molar-refractivity contribution >= 4 is 29.6 Å². The lowest BCUT2D eigenvalue weighted by atomic mass is 10.2. The van der Waals surface area contributed by atoms with Gasteiger partial charge in [-0.05, 0) is 13.8 Å². The van der Waals surface area contributed by atoms with Crippen LogP contribution in [0.4, 0.5) is 0 Å². The number of aliphatic carboxylic acids is 1. The fourth-order valence-corrected chi connectivity index (χ4v) is 1.37. The summed E-state index contributed by atoms with van der Waals surface area (Å²) in [5.41, 5.74) is 10.3. The van der Waals surface area contributed by atoms with Crippen molar-refractivity contribution < 1.29 is 29.1 Å². The van der Waals surface area contributed by atoms with Gasteiger partial charge in [-0.1, -0.05) is 0 Å². The monoisotopic (exact) mass is 331 g/mol. The Morgan fingerprint density at radius 1 is 1.00 bits per heavy atom. The van der Waals surface area contributed by atoms with Gasteiger partial charge in [0.25, 0.3) is 0 Å². The van der Waals surface area contributed by atoms with Crippen molar-refractivity contribution in [3.8, 4) is 0 Å². The highest BCUT2D eigenvalue weighted by Gasteiger charge is 2.21. The maximum absolute atomic E-state index is 11.6. The summed E-state index contributed by atoms with van der Waals surface area (Å²) in [4.78, 5) is 55.8. The molecule has 130 valence electrons. The van der Waals surface area contributed by atoms with Crippen molar-refractivity contribution in [1.82, 2.24) is 16.0 Å². The minimum atomic E-state index is -1.22. The van der Waals surface area contributed by atoms with E-state index in [-0.39, 0.29) is 6.42 Å². The van der Waals surface area contributed by atoms with Gasteiger partial charge in [0.1, 0.15) is 12.1 Å². The first-order valence-corrected chi connectivity index (χ1v) is 6.68. The van der Waals surface area contributed by atoms with E-state index in [1.807, 2.05) is 0 Å². The number of amides is 4. The Morgan fingerprint density at radius 2 is 1.57 bits per heavy atom. The molecule has 0 aliphatic carbocycles. The largest absolute Gasteiger partial charge is 0.480 e. The van der Waals surface area contributed by atoms with E-state index in [0.717, 1.165) is 0 Å². The number of hydrogen-bond acceptors (Lipinski definition) is 6. The third-order valence-electron chi connectivity index (χ3n) is 2.68. The van der Waals surface area contributed by atoms with Crippen LogP contribution in [0.2, 0.25) is 0 Å². The molecule has 0 radical (unpaired) electrons. The second-order valence-corrected chi connectivity index (χ2v) is 4.85. The molecule has 0 saturated carbocycles. The van der Waals surface area contributed by atoms with E-state index in [4.69, 9.17) is 16.6 Å². The molecule has 11 heteroatoms. The third-order valence-corrected chi connectivity index (χ3v) is 2.68. The van der Waals surface area contributed by atoms with Crippen molar-refractivity contribution in [2.75, 3.05) is 6.54 Å². The van der Waals surface area contributed by atoms with Gasteiger partial charge in [-0.3, -0.25) is 24.0 Å². The molecular formula is C12H21N5O6. The molecule has 0 bridgehead atoms.